The summed E-state index contributed by atoms with van der Waals surface area (Å²) in [7, 11) is 0. The molecule has 0 saturated carbocycles. The van der Waals surface area contributed by atoms with Crippen molar-refractivity contribution in [1.82, 2.24) is 9.97 Å². The van der Waals surface area contributed by atoms with Gasteiger partial charge in [-0.15, -0.1) is 0 Å². The van der Waals surface area contributed by atoms with Crippen molar-refractivity contribution in [3.05, 3.63) is 42.7 Å². The highest BCUT2D eigenvalue weighted by molar-refractivity contribution is 5.73. The van der Waals surface area contributed by atoms with Crippen LogP contribution in [0.25, 0.3) is 11.0 Å². The predicted molar refractivity (Wildman–Crippen MR) is 88.9 cm³/mol. The molecule has 2 heteroatoms. The first-order chi connectivity index (χ1) is 9.88. The lowest BCUT2D eigenvalue weighted by atomic mass is 10.1. The standard InChI is InChI=1S/C11H22.C7H6N2/c1-3-5-7-9-11-10-8-6-4-2;1-2-4-7-6(3-1)8-5-9-7/h7,9H,3-6,8,10-11H2,1-2H3;1-5H,(H,8,9). The van der Waals surface area contributed by atoms with Gasteiger partial charge < -0.3 is 4.98 Å². The number of H-pyrrole nitrogens is 1. The van der Waals surface area contributed by atoms with E-state index in [2.05, 4.69) is 36.0 Å². The van der Waals surface area contributed by atoms with Gasteiger partial charge in [0.25, 0.3) is 0 Å². The first kappa shape index (κ1) is 16.5. The molecule has 0 spiro atoms. The third-order valence-electron chi connectivity index (χ3n) is 3.17. The van der Waals surface area contributed by atoms with E-state index in [0.29, 0.717) is 0 Å². The van der Waals surface area contributed by atoms with Crippen molar-refractivity contribution in [2.24, 2.45) is 0 Å². The molecule has 0 saturated heterocycles. The molecule has 1 N–H and O–H groups in total. The Morgan fingerprint density at radius 3 is 2.50 bits per heavy atom. The van der Waals surface area contributed by atoms with Gasteiger partial charge in [-0.25, -0.2) is 4.98 Å². The lowest BCUT2D eigenvalue weighted by Crippen LogP contribution is -1.73. The average molecular weight is 272 g/mol. The van der Waals surface area contributed by atoms with Crippen LogP contribution in [-0.4, -0.2) is 9.97 Å². The van der Waals surface area contributed by atoms with Gasteiger partial charge in [-0.2, -0.15) is 0 Å². The summed E-state index contributed by atoms with van der Waals surface area (Å²) >= 11 is 0. The maximum atomic E-state index is 4.06. The van der Waals surface area contributed by atoms with E-state index in [1.807, 2.05) is 24.3 Å². The van der Waals surface area contributed by atoms with Crippen LogP contribution in [0.2, 0.25) is 0 Å². The second-order valence-electron chi connectivity index (χ2n) is 5.03. The molecule has 0 amide bonds. The van der Waals surface area contributed by atoms with Crippen LogP contribution in [0.4, 0.5) is 0 Å². The molecular weight excluding hydrogens is 244 g/mol. The minimum absolute atomic E-state index is 1.03. The molecule has 0 radical (unpaired) electrons. The molecule has 0 atom stereocenters. The number of nitrogens with zero attached hydrogens (tertiary/aromatic N) is 1. The summed E-state index contributed by atoms with van der Waals surface area (Å²) in [6.45, 7) is 4.48. The zero-order valence-electron chi connectivity index (χ0n) is 12.9. The monoisotopic (exact) mass is 272 g/mol. The fourth-order valence-corrected chi connectivity index (χ4v) is 1.97. The van der Waals surface area contributed by atoms with Crippen LogP contribution in [0, 0.1) is 0 Å². The third-order valence-corrected chi connectivity index (χ3v) is 3.17. The molecule has 0 bridgehead atoms. The minimum atomic E-state index is 1.03. The van der Waals surface area contributed by atoms with Crippen LogP contribution < -0.4 is 0 Å². The second kappa shape index (κ2) is 11.3. The van der Waals surface area contributed by atoms with Gasteiger partial charge in [0.1, 0.15) is 0 Å². The first-order valence-electron chi connectivity index (χ1n) is 7.91. The second-order valence-corrected chi connectivity index (χ2v) is 5.03. The van der Waals surface area contributed by atoms with E-state index >= 15 is 0 Å². The van der Waals surface area contributed by atoms with Crippen molar-refractivity contribution in [3.63, 3.8) is 0 Å². The van der Waals surface area contributed by atoms with Gasteiger partial charge in [0.05, 0.1) is 17.4 Å². The van der Waals surface area contributed by atoms with Gasteiger partial charge >= 0.3 is 0 Å². The zero-order valence-corrected chi connectivity index (χ0v) is 12.9. The summed E-state index contributed by atoms with van der Waals surface area (Å²) in [4.78, 5) is 7.07. The summed E-state index contributed by atoms with van der Waals surface area (Å²) in [6, 6.07) is 7.94. The largest absolute Gasteiger partial charge is 0.345 e. The number of allylic oxidation sites excluding steroid dienone is 2. The van der Waals surface area contributed by atoms with Gasteiger partial charge in [0.15, 0.2) is 0 Å². The number of imidazole rings is 1. The number of nitrogens with one attached hydrogen (secondary N) is 1. The summed E-state index contributed by atoms with van der Waals surface area (Å²) in [5.74, 6) is 0. The molecule has 0 aliphatic heterocycles. The van der Waals surface area contributed by atoms with Crippen molar-refractivity contribution >= 4 is 11.0 Å². The van der Waals surface area contributed by atoms with Gasteiger partial charge in [0.2, 0.25) is 0 Å². The van der Waals surface area contributed by atoms with Crippen LogP contribution in [0.1, 0.15) is 58.8 Å². The Kier molecular flexibility index (Phi) is 9.29. The third kappa shape index (κ3) is 7.13. The Bertz CT molecular complexity index is 441. The maximum absolute atomic E-state index is 4.06. The Morgan fingerprint density at radius 1 is 0.950 bits per heavy atom. The average Bonchev–Trinajstić information content (AvgIpc) is 2.95. The number of hydrogen-bond donors (Lipinski definition) is 1. The molecule has 2 aromatic rings. The van der Waals surface area contributed by atoms with E-state index in [4.69, 9.17) is 0 Å². The Balaban J connectivity index is 0.000000202. The summed E-state index contributed by atoms with van der Waals surface area (Å²) in [5, 5.41) is 0. The molecule has 110 valence electrons. The van der Waals surface area contributed by atoms with Gasteiger partial charge in [-0.05, 0) is 31.4 Å². The zero-order chi connectivity index (χ0) is 14.5. The molecule has 0 aliphatic carbocycles. The fraction of sp³-hybridized carbons (Fsp3) is 0.500. The summed E-state index contributed by atoms with van der Waals surface area (Å²) in [6.07, 6.45) is 15.7. The smallest absolute Gasteiger partial charge is 0.0931 e. The molecule has 0 unspecified atom stereocenters. The number of aromatic amines is 1. The molecule has 0 fully saturated rings. The Morgan fingerprint density at radius 2 is 1.75 bits per heavy atom. The molecule has 1 aromatic carbocycles. The number of rotatable bonds is 7. The van der Waals surface area contributed by atoms with Gasteiger partial charge in [-0.3, -0.25) is 0 Å². The molecule has 1 aromatic heterocycles. The minimum Gasteiger partial charge on any atom is -0.345 e. The number of fused-ring (bicyclic) bond motifs is 1. The quantitative estimate of drug-likeness (QED) is 0.495. The summed E-state index contributed by atoms with van der Waals surface area (Å²) in [5.41, 5.74) is 2.12. The van der Waals surface area contributed by atoms with E-state index in [1.54, 1.807) is 6.33 Å². The number of hydrogen-bond acceptors (Lipinski definition) is 1. The van der Waals surface area contributed by atoms with Crippen LogP contribution in [0.3, 0.4) is 0 Å². The number of aromatic nitrogens is 2. The van der Waals surface area contributed by atoms with Crippen LogP contribution in [0.15, 0.2) is 42.7 Å². The summed E-state index contributed by atoms with van der Waals surface area (Å²) < 4.78 is 0. The molecule has 2 rings (SSSR count). The number of unbranched alkanes of at least 4 members (excludes halogenated alkanes) is 5. The van der Waals surface area contributed by atoms with E-state index < -0.39 is 0 Å². The van der Waals surface area contributed by atoms with E-state index in [9.17, 15) is 0 Å². The van der Waals surface area contributed by atoms with Gasteiger partial charge in [-0.1, -0.05) is 63.8 Å². The number of para-hydroxylation sites is 2. The maximum Gasteiger partial charge on any atom is 0.0931 e. The Hall–Kier alpha value is -1.57. The van der Waals surface area contributed by atoms with Gasteiger partial charge in [0, 0.05) is 0 Å². The highest BCUT2D eigenvalue weighted by Crippen LogP contribution is 2.05. The molecule has 1 heterocycles. The normalized spacial score (nSPS) is 10.7. The van der Waals surface area contributed by atoms with Crippen LogP contribution >= 0.6 is 0 Å². The first-order valence-corrected chi connectivity index (χ1v) is 7.91. The molecular formula is C18H28N2. The van der Waals surface area contributed by atoms with Crippen molar-refractivity contribution in [1.29, 1.82) is 0 Å². The topological polar surface area (TPSA) is 28.7 Å². The van der Waals surface area contributed by atoms with E-state index in [-0.39, 0.29) is 0 Å². The van der Waals surface area contributed by atoms with Crippen LogP contribution in [0.5, 0.6) is 0 Å². The molecule has 0 aliphatic rings. The van der Waals surface area contributed by atoms with Crippen molar-refractivity contribution in [2.45, 2.75) is 58.8 Å². The van der Waals surface area contributed by atoms with Crippen molar-refractivity contribution in [2.75, 3.05) is 0 Å². The van der Waals surface area contributed by atoms with E-state index in [0.717, 1.165) is 11.0 Å². The lowest BCUT2D eigenvalue weighted by molar-refractivity contribution is 0.673. The predicted octanol–water partition coefficient (Wildman–Crippen LogP) is 5.88. The van der Waals surface area contributed by atoms with Crippen molar-refractivity contribution < 1.29 is 0 Å². The highest BCUT2D eigenvalue weighted by atomic mass is 14.9. The van der Waals surface area contributed by atoms with E-state index in [1.165, 1.54) is 44.9 Å². The van der Waals surface area contributed by atoms with Crippen molar-refractivity contribution in [3.8, 4) is 0 Å². The fourth-order valence-electron chi connectivity index (χ4n) is 1.97. The molecule has 20 heavy (non-hydrogen) atoms. The Labute approximate surface area is 123 Å². The molecule has 2 nitrogen and oxygen atoms in total. The number of benzene rings is 1. The van der Waals surface area contributed by atoms with Crippen LogP contribution in [-0.2, 0) is 0 Å². The lowest BCUT2D eigenvalue weighted by Gasteiger charge is -1.93. The highest BCUT2D eigenvalue weighted by Gasteiger charge is 1.88. The SMILES string of the molecule is CCCC=CCCCCCC.c1ccc2[nH]cnc2c1.